The second-order valence-electron chi connectivity index (χ2n) is 13.1. The van der Waals surface area contributed by atoms with Gasteiger partial charge in [0.15, 0.2) is 0 Å². The van der Waals surface area contributed by atoms with Crippen LogP contribution in [0.5, 0.6) is 0 Å². The number of rotatable bonds is 5. The largest absolute Gasteiger partial charge is 0.245 e. The van der Waals surface area contributed by atoms with Gasteiger partial charge < -0.3 is 0 Å². The summed E-state index contributed by atoms with van der Waals surface area (Å²) < 4.78 is 0. The topological polar surface area (TPSA) is 51.6 Å². The van der Waals surface area contributed by atoms with Crippen LogP contribution >= 0.6 is 0 Å². The summed E-state index contributed by atoms with van der Waals surface area (Å²) in [6, 6.07) is 63.2. The van der Waals surface area contributed by atoms with Crippen LogP contribution in [0.15, 0.2) is 182 Å². The molecule has 0 aliphatic rings. The van der Waals surface area contributed by atoms with Crippen LogP contribution in [-0.4, -0.2) is 19.9 Å². The lowest BCUT2D eigenvalue weighted by Gasteiger charge is -2.13. The maximum Gasteiger partial charge on any atom is 0.0978 e. The van der Waals surface area contributed by atoms with E-state index in [-0.39, 0.29) is 0 Å². The van der Waals surface area contributed by atoms with Crippen LogP contribution < -0.4 is 0 Å². The second-order valence-corrected chi connectivity index (χ2v) is 13.1. The lowest BCUT2D eigenvalue weighted by molar-refractivity contribution is 1.36. The molecule has 0 aliphatic carbocycles. The van der Waals surface area contributed by atoms with E-state index in [0.717, 1.165) is 99.8 Å². The lowest BCUT2D eigenvalue weighted by Crippen LogP contribution is -1.94. The summed E-state index contributed by atoms with van der Waals surface area (Å²) in [5.41, 5.74) is 13.8. The van der Waals surface area contributed by atoms with E-state index in [0.29, 0.717) is 0 Å². The predicted molar refractivity (Wildman–Crippen MR) is 215 cm³/mol. The number of fused-ring (bicyclic) bond motifs is 6. The molecule has 4 heteroatoms. The fourth-order valence-corrected chi connectivity index (χ4v) is 7.16. The number of hydrogen-bond donors (Lipinski definition) is 0. The highest BCUT2D eigenvalue weighted by Gasteiger charge is 2.15. The van der Waals surface area contributed by atoms with E-state index in [1.54, 1.807) is 0 Å². The van der Waals surface area contributed by atoms with Crippen molar-refractivity contribution in [2.75, 3.05) is 0 Å². The van der Waals surface area contributed by atoms with Gasteiger partial charge in [0.2, 0.25) is 0 Å². The molecular weight excluding hydrogens is 633 g/mol. The predicted octanol–water partition coefficient (Wildman–Crippen LogP) is 12.2. The Hall–Kier alpha value is -7.04. The zero-order valence-corrected chi connectivity index (χ0v) is 28.1. The summed E-state index contributed by atoms with van der Waals surface area (Å²) in [6.45, 7) is 0. The van der Waals surface area contributed by atoms with Crippen molar-refractivity contribution < 1.29 is 0 Å². The highest BCUT2D eigenvalue weighted by molar-refractivity contribution is 6.10. The average molecular weight is 663 g/mol. The summed E-state index contributed by atoms with van der Waals surface area (Å²) in [7, 11) is 0. The summed E-state index contributed by atoms with van der Waals surface area (Å²) >= 11 is 0. The van der Waals surface area contributed by atoms with Crippen molar-refractivity contribution in [1.82, 2.24) is 19.9 Å². The summed E-state index contributed by atoms with van der Waals surface area (Å²) in [5, 5.41) is 4.28. The van der Waals surface area contributed by atoms with Crippen LogP contribution in [0.2, 0.25) is 0 Å². The summed E-state index contributed by atoms with van der Waals surface area (Å²) in [6.07, 6.45) is 0. The third-order valence-electron chi connectivity index (χ3n) is 9.86. The molecule has 242 valence electrons. The Labute approximate surface area is 300 Å². The van der Waals surface area contributed by atoms with E-state index in [9.17, 15) is 0 Å². The first-order chi connectivity index (χ1) is 25.7. The van der Waals surface area contributed by atoms with Gasteiger partial charge in [-0.1, -0.05) is 158 Å². The first-order valence-electron chi connectivity index (χ1n) is 17.5. The van der Waals surface area contributed by atoms with E-state index in [2.05, 4.69) is 146 Å². The Balaban J connectivity index is 1.09. The van der Waals surface area contributed by atoms with Crippen molar-refractivity contribution in [3.63, 3.8) is 0 Å². The Bertz CT molecular complexity index is 2920. The van der Waals surface area contributed by atoms with E-state index in [4.69, 9.17) is 19.9 Å². The molecule has 0 atom stereocenters. The third kappa shape index (κ3) is 5.26. The Morgan fingerprint density at radius 1 is 0.250 bits per heavy atom. The van der Waals surface area contributed by atoms with Crippen molar-refractivity contribution >= 4 is 43.6 Å². The van der Waals surface area contributed by atoms with Gasteiger partial charge in [0.05, 0.1) is 44.8 Å². The van der Waals surface area contributed by atoms with Crippen molar-refractivity contribution in [3.8, 4) is 56.2 Å². The van der Waals surface area contributed by atoms with Gasteiger partial charge >= 0.3 is 0 Å². The molecule has 0 N–H and O–H groups in total. The van der Waals surface area contributed by atoms with Crippen molar-refractivity contribution in [2.24, 2.45) is 0 Å². The Morgan fingerprint density at radius 3 is 1.08 bits per heavy atom. The molecule has 52 heavy (non-hydrogen) atoms. The Kier molecular flexibility index (Phi) is 7.10. The maximum atomic E-state index is 5.32. The van der Waals surface area contributed by atoms with Crippen LogP contribution in [0.1, 0.15) is 0 Å². The molecule has 10 rings (SSSR count). The fraction of sp³-hybridized carbons (Fsp3) is 0. The molecule has 4 aromatic heterocycles. The highest BCUT2D eigenvalue weighted by atomic mass is 14.8. The third-order valence-corrected chi connectivity index (χ3v) is 9.86. The molecule has 0 amide bonds. The molecule has 10 aromatic rings. The molecular formula is C48H30N4. The average Bonchev–Trinajstić information content (AvgIpc) is 3.23. The van der Waals surface area contributed by atoms with E-state index in [1.165, 1.54) is 0 Å². The van der Waals surface area contributed by atoms with Gasteiger partial charge in [0.25, 0.3) is 0 Å². The van der Waals surface area contributed by atoms with Crippen LogP contribution in [0, 0.1) is 0 Å². The Morgan fingerprint density at radius 2 is 0.596 bits per heavy atom. The quantitative estimate of drug-likeness (QED) is 0.172. The van der Waals surface area contributed by atoms with Gasteiger partial charge in [-0.3, -0.25) is 0 Å². The molecule has 6 aromatic carbocycles. The van der Waals surface area contributed by atoms with Crippen LogP contribution in [-0.2, 0) is 0 Å². The number of benzene rings is 6. The lowest BCUT2D eigenvalue weighted by atomic mass is 9.96. The number of aromatic nitrogens is 4. The molecule has 0 radical (unpaired) electrons. The maximum absolute atomic E-state index is 5.32. The smallest absolute Gasteiger partial charge is 0.0978 e. The molecule has 0 spiro atoms. The fourth-order valence-electron chi connectivity index (χ4n) is 7.16. The zero-order chi connectivity index (χ0) is 34.4. The summed E-state index contributed by atoms with van der Waals surface area (Å²) in [4.78, 5) is 20.8. The molecule has 4 nitrogen and oxygen atoms in total. The molecule has 0 unspecified atom stereocenters. The van der Waals surface area contributed by atoms with Crippen LogP contribution in [0.3, 0.4) is 0 Å². The number of nitrogens with zero attached hydrogens (tertiary/aromatic N) is 4. The normalized spacial score (nSPS) is 11.5. The van der Waals surface area contributed by atoms with Gasteiger partial charge in [-0.25, -0.2) is 19.9 Å². The number of pyridine rings is 4. The van der Waals surface area contributed by atoms with E-state index < -0.39 is 0 Å². The van der Waals surface area contributed by atoms with E-state index in [1.807, 2.05) is 36.4 Å². The van der Waals surface area contributed by atoms with Crippen LogP contribution in [0.25, 0.3) is 99.8 Å². The minimum atomic E-state index is 0.890. The van der Waals surface area contributed by atoms with Crippen molar-refractivity contribution in [1.29, 1.82) is 0 Å². The molecule has 0 aliphatic heterocycles. The van der Waals surface area contributed by atoms with Gasteiger partial charge in [-0.2, -0.15) is 0 Å². The molecule has 0 saturated carbocycles. The monoisotopic (exact) mass is 662 g/mol. The van der Waals surface area contributed by atoms with Crippen LogP contribution in [0.4, 0.5) is 0 Å². The van der Waals surface area contributed by atoms with E-state index >= 15 is 0 Å². The summed E-state index contributed by atoms with van der Waals surface area (Å²) in [5.74, 6) is 0. The molecule has 0 fully saturated rings. The number of hydrogen-bond acceptors (Lipinski definition) is 4. The second kappa shape index (κ2) is 12.4. The molecule has 4 heterocycles. The minimum Gasteiger partial charge on any atom is -0.245 e. The first kappa shape index (κ1) is 29.8. The van der Waals surface area contributed by atoms with Crippen molar-refractivity contribution in [2.45, 2.75) is 0 Å². The zero-order valence-electron chi connectivity index (χ0n) is 28.1. The van der Waals surface area contributed by atoms with Gasteiger partial charge in [0, 0.05) is 43.8 Å². The molecule has 0 saturated heterocycles. The van der Waals surface area contributed by atoms with Gasteiger partial charge in [-0.15, -0.1) is 0 Å². The first-order valence-corrected chi connectivity index (χ1v) is 17.5. The van der Waals surface area contributed by atoms with Gasteiger partial charge in [-0.05, 0) is 35.4 Å². The SMILES string of the molecule is c1ccc(-c2ccc3ccc4ccc(-c5ccc(-c6cc(-c7ccccc7)c7ccc8ccc(-c9ccccc9)nc8c7n6)cc5)nc4c3n2)cc1. The molecule has 0 bridgehead atoms. The van der Waals surface area contributed by atoms with Crippen molar-refractivity contribution in [3.05, 3.63) is 182 Å². The highest BCUT2D eigenvalue weighted by Crippen LogP contribution is 2.36. The van der Waals surface area contributed by atoms with Gasteiger partial charge in [0.1, 0.15) is 0 Å². The standard InChI is InChI=1S/C48H30N4/c1-4-10-31(11-5-1)40-30-44(52-48-39(40)26-22-38-25-28-42(51-47(38)48)33-14-8-3-9-15-33)35-18-16-34(17-19-35)43-29-24-37-21-20-36-23-27-41(32-12-6-2-7-13-32)49-45(36)46(37)50-43/h1-30H. The minimum absolute atomic E-state index is 0.890.